The molecule has 2 saturated heterocycles. The fraction of sp³-hybridized carbons (Fsp3) is 0.364. The van der Waals surface area contributed by atoms with E-state index >= 15 is 0 Å². The Balaban J connectivity index is 1.31. The smallest absolute Gasteiger partial charge is 0.416 e. The number of carbonyl (C=O) groups excluding carboxylic acids is 2. The predicted octanol–water partition coefficient (Wildman–Crippen LogP) is 3.23. The molecule has 2 aliphatic rings. The van der Waals surface area contributed by atoms with Gasteiger partial charge in [0.25, 0.3) is 5.91 Å². The van der Waals surface area contributed by atoms with Gasteiger partial charge in [0.05, 0.1) is 31.9 Å². The first-order valence-corrected chi connectivity index (χ1v) is 10.1. The SMILES string of the molecule is COc1ccc(C(=O)N[C@H]2CO[C@H]3[C@@H]2OC[C@H]3OC(=O)Nc2cccc(C(F)(F)F)c2)cc1. The van der Waals surface area contributed by atoms with Gasteiger partial charge in [0, 0.05) is 11.3 Å². The lowest BCUT2D eigenvalue weighted by Crippen LogP contribution is -2.44. The van der Waals surface area contributed by atoms with Crippen LogP contribution in [0, 0.1) is 0 Å². The molecule has 8 nitrogen and oxygen atoms in total. The van der Waals surface area contributed by atoms with Gasteiger partial charge < -0.3 is 24.3 Å². The number of anilines is 1. The summed E-state index contributed by atoms with van der Waals surface area (Å²) in [4.78, 5) is 24.7. The van der Waals surface area contributed by atoms with Crippen LogP contribution in [-0.4, -0.2) is 56.7 Å². The minimum absolute atomic E-state index is 0.0280. The van der Waals surface area contributed by atoms with E-state index in [1.807, 2.05) is 0 Å². The van der Waals surface area contributed by atoms with E-state index in [4.69, 9.17) is 18.9 Å². The molecule has 2 amide bonds. The molecule has 2 heterocycles. The van der Waals surface area contributed by atoms with Gasteiger partial charge in [0.2, 0.25) is 0 Å². The van der Waals surface area contributed by atoms with Crippen molar-refractivity contribution >= 4 is 17.7 Å². The third-order valence-corrected chi connectivity index (χ3v) is 5.37. The third-order valence-electron chi connectivity index (χ3n) is 5.37. The van der Waals surface area contributed by atoms with Gasteiger partial charge in [-0.05, 0) is 42.5 Å². The van der Waals surface area contributed by atoms with Gasteiger partial charge in [-0.15, -0.1) is 0 Å². The second-order valence-electron chi connectivity index (χ2n) is 7.55. The van der Waals surface area contributed by atoms with Crippen LogP contribution in [0.4, 0.5) is 23.7 Å². The van der Waals surface area contributed by atoms with E-state index in [0.717, 1.165) is 12.1 Å². The van der Waals surface area contributed by atoms with E-state index in [2.05, 4.69) is 10.6 Å². The molecule has 176 valence electrons. The number of methoxy groups -OCH3 is 1. The third kappa shape index (κ3) is 5.20. The van der Waals surface area contributed by atoms with Crippen LogP contribution >= 0.6 is 0 Å². The molecule has 0 aromatic heterocycles. The number of fused-ring (bicyclic) bond motifs is 1. The molecule has 0 unspecified atom stereocenters. The standard InChI is InChI=1S/C22H21F3N2O6/c1-30-15-7-5-12(6-8-15)20(28)27-16-10-31-19-17(11-32-18(16)19)33-21(29)26-14-4-2-3-13(9-14)22(23,24)25/h2-9,16-19H,10-11H2,1H3,(H,26,29)(H,27,28)/t16-,17+,18+,19+/m0/s1. The Bertz CT molecular complexity index is 1010. The molecule has 4 atom stereocenters. The number of carbonyl (C=O) groups is 2. The molecule has 0 aliphatic carbocycles. The summed E-state index contributed by atoms with van der Waals surface area (Å²) in [6.45, 7) is 0.187. The average Bonchev–Trinajstić information content (AvgIpc) is 3.36. The number of benzene rings is 2. The quantitative estimate of drug-likeness (QED) is 0.703. The van der Waals surface area contributed by atoms with E-state index in [1.54, 1.807) is 24.3 Å². The summed E-state index contributed by atoms with van der Waals surface area (Å²) in [7, 11) is 1.53. The van der Waals surface area contributed by atoms with Crippen LogP contribution in [0.5, 0.6) is 5.75 Å². The van der Waals surface area contributed by atoms with Crippen molar-refractivity contribution in [1.82, 2.24) is 5.32 Å². The molecule has 11 heteroatoms. The summed E-state index contributed by atoms with van der Waals surface area (Å²) in [6, 6.07) is 10.4. The summed E-state index contributed by atoms with van der Waals surface area (Å²) < 4.78 is 60.2. The first kappa shape index (κ1) is 22.9. The zero-order valence-electron chi connectivity index (χ0n) is 17.4. The lowest BCUT2D eigenvalue weighted by atomic mass is 10.1. The van der Waals surface area contributed by atoms with E-state index in [-0.39, 0.29) is 24.8 Å². The summed E-state index contributed by atoms with van der Waals surface area (Å²) in [5.41, 5.74) is -0.507. The van der Waals surface area contributed by atoms with Crippen LogP contribution in [-0.2, 0) is 20.4 Å². The first-order chi connectivity index (χ1) is 15.7. The summed E-state index contributed by atoms with van der Waals surface area (Å²) >= 11 is 0. The molecule has 0 saturated carbocycles. The van der Waals surface area contributed by atoms with Gasteiger partial charge >= 0.3 is 12.3 Å². The lowest BCUT2D eigenvalue weighted by molar-refractivity contribution is -0.137. The van der Waals surface area contributed by atoms with E-state index in [9.17, 15) is 22.8 Å². The highest BCUT2D eigenvalue weighted by Crippen LogP contribution is 2.32. The van der Waals surface area contributed by atoms with Crippen LogP contribution in [0.1, 0.15) is 15.9 Å². The predicted molar refractivity (Wildman–Crippen MR) is 109 cm³/mol. The maximum Gasteiger partial charge on any atom is 0.416 e. The van der Waals surface area contributed by atoms with Gasteiger partial charge in [0.1, 0.15) is 18.0 Å². The Morgan fingerprint density at radius 1 is 1.03 bits per heavy atom. The van der Waals surface area contributed by atoms with Crippen molar-refractivity contribution in [1.29, 1.82) is 0 Å². The zero-order chi connectivity index (χ0) is 23.6. The zero-order valence-corrected chi connectivity index (χ0v) is 17.4. The van der Waals surface area contributed by atoms with Crippen LogP contribution in [0.2, 0.25) is 0 Å². The highest BCUT2D eigenvalue weighted by molar-refractivity contribution is 5.94. The number of hydrogen-bond donors (Lipinski definition) is 2. The number of rotatable bonds is 5. The van der Waals surface area contributed by atoms with Crippen LogP contribution < -0.4 is 15.4 Å². The Morgan fingerprint density at radius 3 is 2.45 bits per heavy atom. The topological polar surface area (TPSA) is 95.1 Å². The number of halogens is 3. The fourth-order valence-electron chi connectivity index (χ4n) is 3.74. The molecule has 2 fully saturated rings. The molecular weight excluding hydrogens is 445 g/mol. The minimum atomic E-state index is -4.53. The summed E-state index contributed by atoms with van der Waals surface area (Å²) in [6.07, 6.45) is -7.38. The molecule has 2 aliphatic heterocycles. The fourth-order valence-corrected chi connectivity index (χ4v) is 3.74. The van der Waals surface area contributed by atoms with Gasteiger partial charge in [0.15, 0.2) is 6.10 Å². The molecule has 33 heavy (non-hydrogen) atoms. The van der Waals surface area contributed by atoms with Gasteiger partial charge in [-0.25, -0.2) is 4.79 Å². The van der Waals surface area contributed by atoms with Crippen LogP contribution in [0.25, 0.3) is 0 Å². The molecule has 0 spiro atoms. The largest absolute Gasteiger partial charge is 0.497 e. The lowest BCUT2D eigenvalue weighted by Gasteiger charge is -2.18. The van der Waals surface area contributed by atoms with Crippen molar-refractivity contribution < 1.29 is 41.7 Å². The average molecular weight is 466 g/mol. The highest BCUT2D eigenvalue weighted by Gasteiger charge is 2.50. The van der Waals surface area contributed by atoms with E-state index in [0.29, 0.717) is 11.3 Å². The number of alkyl halides is 3. The minimum Gasteiger partial charge on any atom is -0.497 e. The van der Waals surface area contributed by atoms with Crippen molar-refractivity contribution in [2.24, 2.45) is 0 Å². The van der Waals surface area contributed by atoms with Gasteiger partial charge in [-0.1, -0.05) is 6.07 Å². The van der Waals surface area contributed by atoms with Crippen molar-refractivity contribution in [3.8, 4) is 5.75 Å². The molecule has 2 N–H and O–H groups in total. The van der Waals surface area contributed by atoms with E-state index in [1.165, 1.54) is 19.2 Å². The molecule has 2 aromatic carbocycles. The normalized spacial score (nSPS) is 24.1. The molecular formula is C22H21F3N2O6. The number of nitrogens with one attached hydrogen (secondary N) is 2. The monoisotopic (exact) mass is 466 g/mol. The number of amides is 2. The Kier molecular flexibility index (Phi) is 6.43. The number of ether oxygens (including phenoxy) is 4. The molecule has 0 radical (unpaired) electrons. The second-order valence-corrected chi connectivity index (χ2v) is 7.55. The Morgan fingerprint density at radius 2 is 1.76 bits per heavy atom. The van der Waals surface area contributed by atoms with Crippen molar-refractivity contribution in [2.75, 3.05) is 25.6 Å². The maximum atomic E-state index is 12.8. The summed E-state index contributed by atoms with van der Waals surface area (Å²) in [5, 5.41) is 5.13. The molecule has 4 rings (SSSR count). The van der Waals surface area contributed by atoms with Crippen molar-refractivity contribution in [3.63, 3.8) is 0 Å². The second kappa shape index (κ2) is 9.28. The highest BCUT2D eigenvalue weighted by atomic mass is 19.4. The van der Waals surface area contributed by atoms with Crippen LogP contribution in [0.3, 0.4) is 0 Å². The van der Waals surface area contributed by atoms with Gasteiger partial charge in [-0.3, -0.25) is 10.1 Å². The van der Waals surface area contributed by atoms with Gasteiger partial charge in [-0.2, -0.15) is 13.2 Å². The molecule has 2 aromatic rings. The van der Waals surface area contributed by atoms with Crippen molar-refractivity contribution in [3.05, 3.63) is 59.7 Å². The van der Waals surface area contributed by atoms with Crippen molar-refractivity contribution in [2.45, 2.75) is 30.5 Å². The molecule has 0 bridgehead atoms. The Labute approximate surface area is 186 Å². The first-order valence-electron chi connectivity index (χ1n) is 10.1. The number of hydrogen-bond acceptors (Lipinski definition) is 6. The maximum absolute atomic E-state index is 12.8. The van der Waals surface area contributed by atoms with Crippen LogP contribution in [0.15, 0.2) is 48.5 Å². The summed E-state index contributed by atoms with van der Waals surface area (Å²) in [5.74, 6) is 0.306. The van der Waals surface area contributed by atoms with E-state index < -0.39 is 42.2 Å². The Hall–Kier alpha value is -3.31.